The quantitative estimate of drug-likeness (QED) is 0.196. The van der Waals surface area contributed by atoms with Crippen LogP contribution in [0, 0.1) is 0 Å². The lowest BCUT2D eigenvalue weighted by molar-refractivity contribution is -0.118. The van der Waals surface area contributed by atoms with E-state index in [2.05, 4.69) is 0 Å². The van der Waals surface area contributed by atoms with E-state index in [1.165, 1.54) is 0 Å². The molecule has 0 heterocycles. The number of carbonyl (C=O) groups excluding carboxylic acids is 1. The van der Waals surface area contributed by atoms with Crippen LogP contribution in [0.25, 0.3) is 0 Å². The summed E-state index contributed by atoms with van der Waals surface area (Å²) in [7, 11) is -4.67. The van der Waals surface area contributed by atoms with Crippen molar-refractivity contribution in [2.45, 2.75) is 24.4 Å². The number of rotatable bonds is 5. The van der Waals surface area contributed by atoms with Crippen LogP contribution in [0.15, 0.2) is 0 Å². The Bertz CT molecular complexity index is 302. The first-order valence-electron chi connectivity index (χ1n) is 4.10. The summed E-state index contributed by atoms with van der Waals surface area (Å²) < 4.78 is 31.6. The van der Waals surface area contributed by atoms with Crippen LogP contribution in [0.3, 0.4) is 0 Å². The Hall–Kier alpha value is -0.370. The van der Waals surface area contributed by atoms with Crippen molar-refractivity contribution in [3.63, 3.8) is 0 Å². The van der Waals surface area contributed by atoms with E-state index >= 15 is 0 Å². The van der Waals surface area contributed by atoms with Crippen LogP contribution in [0.5, 0.6) is 0 Å². The van der Waals surface area contributed by atoms with Crippen LogP contribution in [0.2, 0.25) is 0 Å². The summed E-state index contributed by atoms with van der Waals surface area (Å²) in [6, 6.07) is -1.26. The van der Waals surface area contributed by atoms with Crippen LogP contribution in [0.4, 0.5) is 0 Å². The van der Waals surface area contributed by atoms with Crippen LogP contribution in [0.1, 0.15) is 0 Å². The molecule has 0 saturated heterocycles. The minimum atomic E-state index is -4.67. The average Bonchev–Trinajstić information content (AvgIpc) is 2.22. The fourth-order valence-corrected chi connectivity index (χ4v) is 0.644. The number of hydrogen-bond donors (Lipinski definition) is 7. The molecular formula is C6H16ClNO9S. The van der Waals surface area contributed by atoms with Crippen LogP contribution >= 0.6 is 12.4 Å². The van der Waals surface area contributed by atoms with E-state index in [4.69, 9.17) is 43.7 Å². The lowest BCUT2D eigenvalue weighted by Crippen LogP contribution is -2.49. The van der Waals surface area contributed by atoms with Gasteiger partial charge in [-0.15, -0.1) is 12.4 Å². The molecule has 0 bridgehead atoms. The van der Waals surface area contributed by atoms with Gasteiger partial charge in [0.15, 0.2) is 0 Å². The van der Waals surface area contributed by atoms with Crippen molar-refractivity contribution in [1.29, 1.82) is 0 Å². The Labute approximate surface area is 109 Å². The number of aliphatic hydroxyl groups is 4. The van der Waals surface area contributed by atoms with Gasteiger partial charge in [-0.25, -0.2) is 0 Å². The number of hydrogen-bond acceptors (Lipinski definition) is 8. The Balaban J connectivity index is -0.000000321. The zero-order chi connectivity index (χ0) is 14.2. The van der Waals surface area contributed by atoms with Gasteiger partial charge in [0.1, 0.15) is 24.6 Å². The van der Waals surface area contributed by atoms with Gasteiger partial charge in [-0.05, 0) is 0 Å². The van der Waals surface area contributed by atoms with Crippen LogP contribution in [-0.4, -0.2) is 75.2 Å². The number of aliphatic hydroxyl groups excluding tert-OH is 4. The molecule has 0 radical (unpaired) electrons. The fraction of sp³-hybridized carbons (Fsp3) is 0.833. The van der Waals surface area contributed by atoms with E-state index in [9.17, 15) is 4.79 Å². The fourth-order valence-electron chi connectivity index (χ4n) is 0.644. The second-order valence-corrected chi connectivity index (χ2v) is 3.79. The minimum absolute atomic E-state index is 0. The van der Waals surface area contributed by atoms with E-state index in [1.54, 1.807) is 0 Å². The topological polar surface area (TPSA) is 199 Å². The van der Waals surface area contributed by atoms with E-state index in [-0.39, 0.29) is 18.7 Å². The van der Waals surface area contributed by atoms with Crippen molar-refractivity contribution in [2.75, 3.05) is 6.61 Å². The smallest absolute Gasteiger partial charge is 0.394 e. The molecule has 12 heteroatoms. The molecule has 0 aliphatic rings. The largest absolute Gasteiger partial charge is 0.394 e. The summed E-state index contributed by atoms with van der Waals surface area (Å²) in [6.07, 6.45) is -4.43. The summed E-state index contributed by atoms with van der Waals surface area (Å²) in [5, 5.41) is 35.2. The first-order chi connectivity index (χ1) is 7.54. The lowest BCUT2D eigenvalue weighted by Gasteiger charge is -2.23. The van der Waals surface area contributed by atoms with Gasteiger partial charge in [-0.1, -0.05) is 0 Å². The van der Waals surface area contributed by atoms with Gasteiger partial charge < -0.3 is 31.0 Å². The predicted molar refractivity (Wildman–Crippen MR) is 60.6 cm³/mol. The molecule has 0 saturated carbocycles. The molecule has 0 aromatic carbocycles. The molecule has 0 aliphatic heterocycles. The van der Waals surface area contributed by atoms with E-state index in [0.717, 1.165) is 0 Å². The van der Waals surface area contributed by atoms with E-state index in [0.29, 0.717) is 0 Å². The van der Waals surface area contributed by atoms with Gasteiger partial charge >= 0.3 is 10.4 Å². The summed E-state index contributed by atoms with van der Waals surface area (Å²) in [5.74, 6) is 0. The summed E-state index contributed by atoms with van der Waals surface area (Å²) in [4.78, 5) is 10.0. The highest BCUT2D eigenvalue weighted by Crippen LogP contribution is 2.01. The monoisotopic (exact) mass is 313 g/mol. The molecule has 112 valence electrons. The van der Waals surface area contributed by atoms with Gasteiger partial charge in [-0.2, -0.15) is 8.42 Å². The highest BCUT2D eigenvalue weighted by atomic mass is 35.5. The molecule has 0 unspecified atom stereocenters. The standard InChI is InChI=1S/C6H13NO5.ClH.H2O4S/c7-3(1-8)5(11)6(12)4(10)2-9;;1-5(2,3)4/h1,3-6,9-12H,2,7H2;1H;(H2,1,2,3,4)/t3-,4+,5+,6+;;/m0../s1. The number of nitrogens with two attached hydrogens (primary N) is 1. The van der Waals surface area contributed by atoms with Crippen molar-refractivity contribution in [3.05, 3.63) is 0 Å². The number of carbonyl (C=O) groups is 1. The zero-order valence-corrected chi connectivity index (χ0v) is 10.5. The van der Waals surface area contributed by atoms with Gasteiger partial charge in [0.25, 0.3) is 0 Å². The second kappa shape index (κ2) is 10.5. The van der Waals surface area contributed by atoms with E-state index < -0.39 is 41.4 Å². The molecule has 4 atom stereocenters. The summed E-state index contributed by atoms with van der Waals surface area (Å²) in [5.41, 5.74) is 5.04. The van der Waals surface area contributed by atoms with Crippen LogP contribution < -0.4 is 5.73 Å². The van der Waals surface area contributed by atoms with E-state index in [1.807, 2.05) is 0 Å². The third-order valence-corrected chi connectivity index (χ3v) is 1.48. The summed E-state index contributed by atoms with van der Waals surface area (Å²) >= 11 is 0. The SMILES string of the molecule is Cl.N[C@@H](C=O)[C@@H](O)[C@H](O)[C@H](O)CO.O=S(=O)(O)O. The van der Waals surface area contributed by atoms with Crippen molar-refractivity contribution >= 4 is 29.1 Å². The van der Waals surface area contributed by atoms with Crippen molar-refractivity contribution in [2.24, 2.45) is 5.73 Å². The molecule has 0 aromatic rings. The van der Waals surface area contributed by atoms with Gasteiger partial charge in [0, 0.05) is 0 Å². The Kier molecular flexibility index (Phi) is 13.3. The molecule has 18 heavy (non-hydrogen) atoms. The number of halogens is 1. The zero-order valence-electron chi connectivity index (χ0n) is 8.90. The maximum Gasteiger partial charge on any atom is 0.394 e. The Morgan fingerprint density at radius 3 is 1.67 bits per heavy atom. The average molecular weight is 314 g/mol. The Morgan fingerprint density at radius 1 is 1.11 bits per heavy atom. The first kappa shape index (κ1) is 22.8. The molecular weight excluding hydrogens is 298 g/mol. The molecule has 0 aliphatic carbocycles. The molecule has 0 fully saturated rings. The Morgan fingerprint density at radius 2 is 1.44 bits per heavy atom. The number of aldehydes is 1. The lowest BCUT2D eigenvalue weighted by atomic mass is 10.0. The summed E-state index contributed by atoms with van der Waals surface area (Å²) in [6.45, 7) is -0.705. The van der Waals surface area contributed by atoms with Gasteiger partial charge in [0.05, 0.1) is 12.6 Å². The van der Waals surface area contributed by atoms with Gasteiger partial charge in [-0.3, -0.25) is 9.11 Å². The second-order valence-electron chi connectivity index (χ2n) is 2.89. The third kappa shape index (κ3) is 13.7. The molecule has 0 aromatic heterocycles. The van der Waals surface area contributed by atoms with Crippen molar-refractivity contribution in [3.8, 4) is 0 Å². The molecule has 10 nitrogen and oxygen atoms in total. The van der Waals surface area contributed by atoms with Crippen molar-refractivity contribution in [1.82, 2.24) is 0 Å². The molecule has 0 spiro atoms. The predicted octanol–water partition coefficient (Wildman–Crippen LogP) is -3.64. The highest BCUT2D eigenvalue weighted by Gasteiger charge is 2.28. The maximum atomic E-state index is 10.0. The molecule has 0 amide bonds. The normalized spacial score (nSPS) is 17.3. The molecule has 0 rings (SSSR count). The highest BCUT2D eigenvalue weighted by molar-refractivity contribution is 7.79. The third-order valence-electron chi connectivity index (χ3n) is 1.48. The first-order valence-corrected chi connectivity index (χ1v) is 5.50. The minimum Gasteiger partial charge on any atom is -0.394 e. The maximum absolute atomic E-state index is 10.0. The van der Waals surface area contributed by atoms with Gasteiger partial charge in [0.2, 0.25) is 0 Å². The van der Waals surface area contributed by atoms with Crippen LogP contribution in [-0.2, 0) is 15.2 Å². The molecule has 8 N–H and O–H groups in total. The van der Waals surface area contributed by atoms with Crippen molar-refractivity contribution < 1.29 is 42.7 Å².